The number of ether oxygens (including phenoxy) is 2. The highest BCUT2D eigenvalue weighted by atomic mass is 35.5. The summed E-state index contributed by atoms with van der Waals surface area (Å²) in [6.45, 7) is 1.86. The lowest BCUT2D eigenvalue weighted by atomic mass is 10.2. The van der Waals surface area contributed by atoms with Crippen LogP contribution in [0.1, 0.15) is 11.1 Å². The molecule has 128 valence electrons. The second-order valence-corrected chi connectivity index (χ2v) is 5.92. The van der Waals surface area contributed by atoms with Gasteiger partial charge in [-0.1, -0.05) is 29.8 Å². The molecule has 0 spiro atoms. The molecule has 0 bridgehead atoms. The van der Waals surface area contributed by atoms with E-state index in [0.29, 0.717) is 10.8 Å². The van der Waals surface area contributed by atoms with Gasteiger partial charge in [0.05, 0.1) is 11.9 Å². The van der Waals surface area contributed by atoms with E-state index >= 15 is 0 Å². The Morgan fingerprint density at radius 1 is 1.20 bits per heavy atom. The number of carbonyl (C=O) groups is 1. The lowest BCUT2D eigenvalue weighted by Gasteiger charge is -2.09. The number of benzene rings is 2. The molecule has 0 amide bonds. The molecule has 1 aromatic heterocycles. The van der Waals surface area contributed by atoms with Crippen molar-refractivity contribution in [3.63, 3.8) is 0 Å². The fraction of sp³-hybridized carbons (Fsp3) is 0.158. The van der Waals surface area contributed by atoms with Crippen LogP contribution in [0.4, 0.5) is 0 Å². The van der Waals surface area contributed by atoms with Gasteiger partial charge in [0.1, 0.15) is 12.4 Å². The third-order valence-corrected chi connectivity index (χ3v) is 3.77. The molecule has 0 N–H and O–H groups in total. The Morgan fingerprint density at radius 3 is 2.76 bits per heavy atom. The number of aromatic nitrogens is 2. The largest absolute Gasteiger partial charge is 0.482 e. The van der Waals surface area contributed by atoms with Crippen molar-refractivity contribution in [1.82, 2.24) is 9.78 Å². The average Bonchev–Trinajstić information content (AvgIpc) is 3.09. The highest BCUT2D eigenvalue weighted by molar-refractivity contribution is 6.30. The number of esters is 1. The first-order valence-electron chi connectivity index (χ1n) is 7.75. The topological polar surface area (TPSA) is 53.4 Å². The fourth-order valence-electron chi connectivity index (χ4n) is 2.27. The lowest BCUT2D eigenvalue weighted by molar-refractivity contribution is -0.147. The number of halogens is 1. The molecule has 5 nitrogen and oxygen atoms in total. The minimum absolute atomic E-state index is 0.147. The molecule has 0 aliphatic rings. The molecule has 0 atom stereocenters. The van der Waals surface area contributed by atoms with Crippen molar-refractivity contribution < 1.29 is 14.3 Å². The van der Waals surface area contributed by atoms with Gasteiger partial charge in [-0.15, -0.1) is 0 Å². The van der Waals surface area contributed by atoms with Gasteiger partial charge in [0.2, 0.25) is 0 Å². The summed E-state index contributed by atoms with van der Waals surface area (Å²) in [7, 11) is 0. The fourth-order valence-corrected chi connectivity index (χ4v) is 2.50. The van der Waals surface area contributed by atoms with Crippen molar-refractivity contribution in [1.29, 1.82) is 0 Å². The number of hydrogen-bond acceptors (Lipinski definition) is 4. The molecule has 0 radical (unpaired) electrons. The Hall–Kier alpha value is -2.79. The van der Waals surface area contributed by atoms with Crippen molar-refractivity contribution in [3.8, 4) is 11.4 Å². The maximum Gasteiger partial charge on any atom is 0.344 e. The molecule has 3 rings (SSSR count). The van der Waals surface area contributed by atoms with Crippen LogP contribution in [-0.4, -0.2) is 22.4 Å². The molecular formula is C19H17ClN2O3. The second-order valence-electron chi connectivity index (χ2n) is 5.49. The van der Waals surface area contributed by atoms with Crippen molar-refractivity contribution in [2.24, 2.45) is 0 Å². The normalized spacial score (nSPS) is 10.5. The molecular weight excluding hydrogens is 340 g/mol. The standard InChI is InChI=1S/C19H17ClN2O3/c1-14-9-16(20)7-8-18(14)24-13-19(23)25-12-15-10-21-22(11-15)17-5-3-2-4-6-17/h2-11H,12-13H2,1H3. The molecule has 25 heavy (non-hydrogen) atoms. The van der Waals surface area contributed by atoms with E-state index in [-0.39, 0.29) is 13.2 Å². The SMILES string of the molecule is Cc1cc(Cl)ccc1OCC(=O)OCc1cnn(-c2ccccc2)c1. The predicted molar refractivity (Wildman–Crippen MR) is 95.0 cm³/mol. The lowest BCUT2D eigenvalue weighted by Crippen LogP contribution is -2.15. The first-order valence-corrected chi connectivity index (χ1v) is 8.13. The molecule has 1 heterocycles. The van der Waals surface area contributed by atoms with Crippen LogP contribution in [0.5, 0.6) is 5.75 Å². The maximum atomic E-state index is 11.8. The number of hydrogen-bond donors (Lipinski definition) is 0. The number of nitrogens with zero attached hydrogens (tertiary/aromatic N) is 2. The first kappa shape index (κ1) is 17.0. The summed E-state index contributed by atoms with van der Waals surface area (Å²) >= 11 is 5.89. The van der Waals surface area contributed by atoms with Crippen LogP contribution in [0.15, 0.2) is 60.9 Å². The van der Waals surface area contributed by atoms with Crippen molar-refractivity contribution >= 4 is 17.6 Å². The minimum Gasteiger partial charge on any atom is -0.482 e. The zero-order chi connectivity index (χ0) is 17.6. The van der Waals surface area contributed by atoms with Gasteiger partial charge in [0.25, 0.3) is 0 Å². The van der Waals surface area contributed by atoms with E-state index in [4.69, 9.17) is 21.1 Å². The first-order chi connectivity index (χ1) is 12.1. The summed E-state index contributed by atoms with van der Waals surface area (Å²) in [6, 6.07) is 14.9. The third-order valence-electron chi connectivity index (χ3n) is 3.54. The van der Waals surface area contributed by atoms with E-state index in [1.54, 1.807) is 29.1 Å². The number of carbonyl (C=O) groups excluding carboxylic acids is 1. The molecule has 0 aliphatic carbocycles. The molecule has 0 aliphatic heterocycles. The van der Waals surface area contributed by atoms with Gasteiger partial charge in [0, 0.05) is 16.8 Å². The highest BCUT2D eigenvalue weighted by Crippen LogP contribution is 2.21. The molecule has 0 saturated heterocycles. The van der Waals surface area contributed by atoms with E-state index < -0.39 is 5.97 Å². The maximum absolute atomic E-state index is 11.8. The Labute approximate surface area is 150 Å². The summed E-state index contributed by atoms with van der Waals surface area (Å²) < 4.78 is 12.4. The molecule has 0 unspecified atom stereocenters. The van der Waals surface area contributed by atoms with Crippen LogP contribution in [0.2, 0.25) is 5.02 Å². The summed E-state index contributed by atoms with van der Waals surface area (Å²) in [5.74, 6) is 0.167. The Kier molecular flexibility index (Phi) is 5.36. The quantitative estimate of drug-likeness (QED) is 0.627. The summed E-state index contributed by atoms with van der Waals surface area (Å²) in [4.78, 5) is 11.8. The smallest absolute Gasteiger partial charge is 0.344 e. The minimum atomic E-state index is -0.443. The van der Waals surface area contributed by atoms with Crippen LogP contribution in [0.3, 0.4) is 0 Å². The van der Waals surface area contributed by atoms with Gasteiger partial charge in [0.15, 0.2) is 6.61 Å². The number of aryl methyl sites for hydroxylation is 1. The zero-order valence-corrected chi connectivity index (χ0v) is 14.4. The van der Waals surface area contributed by atoms with Crippen LogP contribution in [0.25, 0.3) is 5.69 Å². The van der Waals surface area contributed by atoms with Crippen LogP contribution < -0.4 is 4.74 Å². The monoisotopic (exact) mass is 356 g/mol. The van der Waals surface area contributed by atoms with E-state index in [0.717, 1.165) is 16.8 Å². The molecule has 3 aromatic rings. The molecule has 0 fully saturated rings. The molecule has 6 heteroatoms. The number of rotatable bonds is 6. The molecule has 2 aromatic carbocycles. The van der Waals surface area contributed by atoms with Crippen molar-refractivity contribution in [2.75, 3.05) is 6.61 Å². The van der Waals surface area contributed by atoms with Crippen LogP contribution in [0, 0.1) is 6.92 Å². The summed E-state index contributed by atoms with van der Waals surface area (Å²) in [5, 5.41) is 4.89. The molecule has 0 saturated carbocycles. The third kappa shape index (κ3) is 4.61. The van der Waals surface area contributed by atoms with Gasteiger partial charge < -0.3 is 9.47 Å². The van der Waals surface area contributed by atoms with E-state index in [2.05, 4.69) is 5.10 Å². The van der Waals surface area contributed by atoms with E-state index in [1.807, 2.05) is 43.5 Å². The van der Waals surface area contributed by atoms with Crippen molar-refractivity contribution in [2.45, 2.75) is 13.5 Å². The Bertz CT molecular complexity index is 862. The average molecular weight is 357 g/mol. The highest BCUT2D eigenvalue weighted by Gasteiger charge is 2.08. The van der Waals surface area contributed by atoms with E-state index in [1.165, 1.54) is 0 Å². The predicted octanol–water partition coefficient (Wildman–Crippen LogP) is 3.96. The van der Waals surface area contributed by atoms with Gasteiger partial charge in [-0.25, -0.2) is 9.48 Å². The van der Waals surface area contributed by atoms with Gasteiger partial charge in [-0.3, -0.25) is 0 Å². The van der Waals surface area contributed by atoms with E-state index in [9.17, 15) is 4.79 Å². The van der Waals surface area contributed by atoms with Crippen LogP contribution in [-0.2, 0) is 16.1 Å². The summed E-state index contributed by atoms with van der Waals surface area (Å²) in [5.41, 5.74) is 2.62. The van der Waals surface area contributed by atoms with Gasteiger partial charge in [-0.2, -0.15) is 5.10 Å². The number of para-hydroxylation sites is 1. The van der Waals surface area contributed by atoms with Gasteiger partial charge in [-0.05, 0) is 42.8 Å². The Balaban J connectivity index is 1.50. The zero-order valence-electron chi connectivity index (χ0n) is 13.7. The Morgan fingerprint density at radius 2 is 2.00 bits per heavy atom. The second kappa shape index (κ2) is 7.85. The van der Waals surface area contributed by atoms with Crippen LogP contribution >= 0.6 is 11.6 Å². The van der Waals surface area contributed by atoms with Crippen molar-refractivity contribution in [3.05, 3.63) is 77.1 Å². The van der Waals surface area contributed by atoms with Gasteiger partial charge >= 0.3 is 5.97 Å². The summed E-state index contributed by atoms with van der Waals surface area (Å²) in [6.07, 6.45) is 3.50.